The van der Waals surface area contributed by atoms with Crippen molar-refractivity contribution >= 4 is 40.7 Å². The zero-order valence-corrected chi connectivity index (χ0v) is 19.7. The summed E-state index contributed by atoms with van der Waals surface area (Å²) in [6.45, 7) is 3.89. The average Bonchev–Trinajstić information content (AvgIpc) is 3.41. The number of aryl methyl sites for hydroxylation is 2. The van der Waals surface area contributed by atoms with Crippen molar-refractivity contribution < 1.29 is 23.9 Å². The van der Waals surface area contributed by atoms with Gasteiger partial charge in [0.1, 0.15) is 0 Å². The number of carbonyl (C=O) groups is 4. The number of hydrogen-bond acceptors (Lipinski definition) is 5. The Labute approximate surface area is 206 Å². The number of para-hydroxylation sites is 1. The summed E-state index contributed by atoms with van der Waals surface area (Å²) in [6, 6.07) is 18.5. The first kappa shape index (κ1) is 21.9. The standard InChI is InChI=1S/C28H20ClNO5/c1-14-11-12-16(13-15(14)2)23-21-22(27(34)30(26(21)33)20-10-6-5-9-19(20)29)28(35-23)24(31)17-7-3-4-8-18(17)25(28)32/h3-13,21-23H,1-2H3/t21-,22+,23-/m0/s1. The van der Waals surface area contributed by atoms with Gasteiger partial charge in [-0.25, -0.2) is 4.90 Å². The highest BCUT2D eigenvalue weighted by Crippen LogP contribution is 2.58. The minimum atomic E-state index is -2.10. The number of imide groups is 1. The van der Waals surface area contributed by atoms with Crippen LogP contribution in [0.15, 0.2) is 66.7 Å². The summed E-state index contributed by atoms with van der Waals surface area (Å²) in [5.41, 5.74) is 1.18. The van der Waals surface area contributed by atoms with Crippen LogP contribution >= 0.6 is 11.6 Å². The number of benzene rings is 3. The molecule has 1 spiro atoms. The van der Waals surface area contributed by atoms with E-state index < -0.39 is 46.9 Å². The van der Waals surface area contributed by atoms with E-state index in [0.29, 0.717) is 5.56 Å². The molecule has 0 unspecified atom stereocenters. The second kappa shape index (κ2) is 7.44. The molecule has 3 atom stereocenters. The zero-order valence-electron chi connectivity index (χ0n) is 18.9. The number of rotatable bonds is 2. The highest BCUT2D eigenvalue weighted by atomic mass is 35.5. The van der Waals surface area contributed by atoms with Crippen LogP contribution in [-0.2, 0) is 14.3 Å². The Morgan fingerprint density at radius 3 is 2.06 bits per heavy atom. The lowest BCUT2D eigenvalue weighted by molar-refractivity contribution is -0.127. The molecule has 3 aromatic carbocycles. The number of fused-ring (bicyclic) bond motifs is 3. The Bertz CT molecular complexity index is 1440. The van der Waals surface area contributed by atoms with Crippen molar-refractivity contribution in [1.29, 1.82) is 0 Å². The fraction of sp³-hybridized carbons (Fsp3) is 0.214. The molecule has 2 fully saturated rings. The lowest BCUT2D eigenvalue weighted by Gasteiger charge is -2.27. The Morgan fingerprint density at radius 1 is 0.800 bits per heavy atom. The first-order valence-electron chi connectivity index (χ1n) is 11.3. The number of ketones is 2. The molecule has 0 N–H and O–H groups in total. The molecule has 2 heterocycles. The third kappa shape index (κ3) is 2.75. The fourth-order valence-corrected chi connectivity index (χ4v) is 5.85. The topological polar surface area (TPSA) is 80.8 Å². The lowest BCUT2D eigenvalue weighted by Crippen LogP contribution is -2.51. The molecule has 0 bridgehead atoms. The zero-order chi connectivity index (χ0) is 24.6. The van der Waals surface area contributed by atoms with Gasteiger partial charge in [0.05, 0.1) is 28.6 Å². The molecule has 1 aliphatic carbocycles. The fourth-order valence-electron chi connectivity index (χ4n) is 5.63. The highest BCUT2D eigenvalue weighted by Gasteiger charge is 2.74. The van der Waals surface area contributed by atoms with E-state index in [0.717, 1.165) is 16.0 Å². The van der Waals surface area contributed by atoms with Crippen LogP contribution in [0.3, 0.4) is 0 Å². The van der Waals surface area contributed by atoms with Crippen molar-refractivity contribution in [2.45, 2.75) is 25.6 Å². The minimum Gasteiger partial charge on any atom is -0.349 e. The van der Waals surface area contributed by atoms with Gasteiger partial charge in [0.25, 0.3) is 0 Å². The molecule has 2 saturated heterocycles. The van der Waals surface area contributed by atoms with Crippen LogP contribution in [0.2, 0.25) is 5.02 Å². The van der Waals surface area contributed by atoms with E-state index in [1.165, 1.54) is 0 Å². The van der Waals surface area contributed by atoms with Gasteiger partial charge < -0.3 is 4.74 Å². The molecule has 174 valence electrons. The first-order chi connectivity index (χ1) is 16.8. The summed E-state index contributed by atoms with van der Waals surface area (Å²) in [7, 11) is 0. The van der Waals surface area contributed by atoms with Crippen molar-refractivity contribution in [3.05, 3.63) is 99.6 Å². The van der Waals surface area contributed by atoms with Gasteiger partial charge >= 0.3 is 0 Å². The van der Waals surface area contributed by atoms with E-state index in [1.807, 2.05) is 32.0 Å². The van der Waals surface area contributed by atoms with Crippen LogP contribution in [0.25, 0.3) is 0 Å². The van der Waals surface area contributed by atoms with E-state index >= 15 is 0 Å². The summed E-state index contributed by atoms with van der Waals surface area (Å²) in [6.07, 6.45) is -0.953. The Hall–Kier alpha value is -3.61. The largest absolute Gasteiger partial charge is 0.349 e. The molecule has 2 aliphatic heterocycles. The summed E-state index contributed by atoms with van der Waals surface area (Å²) >= 11 is 6.35. The Morgan fingerprint density at radius 2 is 1.43 bits per heavy atom. The van der Waals surface area contributed by atoms with Crippen LogP contribution < -0.4 is 4.90 Å². The third-order valence-electron chi connectivity index (χ3n) is 7.47. The number of halogens is 1. The number of Topliss-reactive ketones (excluding diaryl/α,β-unsaturated/α-hetero) is 2. The molecule has 7 heteroatoms. The third-order valence-corrected chi connectivity index (χ3v) is 7.79. The smallest absolute Gasteiger partial charge is 0.241 e. The molecule has 6 rings (SSSR count). The van der Waals surface area contributed by atoms with Crippen molar-refractivity contribution in [1.82, 2.24) is 0 Å². The highest BCUT2D eigenvalue weighted by molar-refractivity contribution is 6.39. The normalized spacial score (nSPS) is 24.4. The maximum Gasteiger partial charge on any atom is 0.241 e. The van der Waals surface area contributed by atoms with Crippen molar-refractivity contribution in [2.75, 3.05) is 4.90 Å². The Balaban J connectivity index is 1.57. The summed E-state index contributed by atoms with van der Waals surface area (Å²) in [5, 5.41) is 0.222. The van der Waals surface area contributed by atoms with E-state index in [-0.39, 0.29) is 21.8 Å². The quantitative estimate of drug-likeness (QED) is 0.390. The molecule has 0 radical (unpaired) electrons. The van der Waals surface area contributed by atoms with Crippen LogP contribution in [-0.4, -0.2) is 29.0 Å². The predicted molar refractivity (Wildman–Crippen MR) is 129 cm³/mol. The van der Waals surface area contributed by atoms with E-state index in [9.17, 15) is 19.2 Å². The van der Waals surface area contributed by atoms with Crippen LogP contribution in [0.5, 0.6) is 0 Å². The number of ether oxygens (including phenoxy) is 1. The van der Waals surface area contributed by atoms with Gasteiger partial charge in [-0.15, -0.1) is 0 Å². The van der Waals surface area contributed by atoms with Gasteiger partial charge in [-0.2, -0.15) is 0 Å². The number of anilines is 1. The maximum absolute atomic E-state index is 13.9. The van der Waals surface area contributed by atoms with Crippen molar-refractivity contribution in [3.8, 4) is 0 Å². The molecule has 6 nitrogen and oxygen atoms in total. The van der Waals surface area contributed by atoms with Crippen molar-refractivity contribution in [3.63, 3.8) is 0 Å². The second-order valence-electron chi connectivity index (χ2n) is 9.29. The predicted octanol–water partition coefficient (Wildman–Crippen LogP) is 4.65. The van der Waals surface area contributed by atoms with Crippen LogP contribution in [0, 0.1) is 25.7 Å². The van der Waals surface area contributed by atoms with E-state index in [1.54, 1.807) is 48.5 Å². The summed E-state index contributed by atoms with van der Waals surface area (Å²) < 4.78 is 6.32. The summed E-state index contributed by atoms with van der Waals surface area (Å²) in [4.78, 5) is 56.3. The van der Waals surface area contributed by atoms with Crippen molar-refractivity contribution in [2.24, 2.45) is 11.8 Å². The number of carbonyl (C=O) groups excluding carboxylic acids is 4. The first-order valence-corrected chi connectivity index (χ1v) is 11.7. The Kier molecular flexibility index (Phi) is 4.66. The maximum atomic E-state index is 13.9. The minimum absolute atomic E-state index is 0.202. The molecule has 35 heavy (non-hydrogen) atoms. The molecule has 3 aromatic rings. The number of hydrogen-bond donors (Lipinski definition) is 0. The van der Waals surface area contributed by atoms with Gasteiger partial charge in [0, 0.05) is 11.1 Å². The monoisotopic (exact) mass is 485 g/mol. The van der Waals surface area contributed by atoms with Gasteiger partial charge in [-0.05, 0) is 42.7 Å². The van der Waals surface area contributed by atoms with Gasteiger partial charge in [0.15, 0.2) is 0 Å². The van der Waals surface area contributed by atoms with E-state index in [2.05, 4.69) is 0 Å². The molecular formula is C28H20ClNO5. The van der Waals surface area contributed by atoms with Gasteiger partial charge in [-0.3, -0.25) is 19.2 Å². The van der Waals surface area contributed by atoms with Crippen LogP contribution in [0.1, 0.15) is 43.5 Å². The molecule has 3 aliphatic rings. The second-order valence-corrected chi connectivity index (χ2v) is 9.70. The van der Waals surface area contributed by atoms with E-state index in [4.69, 9.17) is 16.3 Å². The van der Waals surface area contributed by atoms with Gasteiger partial charge in [-0.1, -0.05) is 66.2 Å². The molecule has 2 amide bonds. The average molecular weight is 486 g/mol. The molecular weight excluding hydrogens is 466 g/mol. The lowest BCUT2D eigenvalue weighted by atomic mass is 9.77. The molecule has 0 saturated carbocycles. The summed E-state index contributed by atoms with van der Waals surface area (Å²) in [5.74, 6) is -4.71. The SMILES string of the molecule is Cc1ccc([C@@H]2OC3(C(=O)c4ccccc4C3=O)[C@H]3C(=O)N(c4ccccc4Cl)C(=O)[C@H]23)cc1C. The van der Waals surface area contributed by atoms with Crippen LogP contribution in [0.4, 0.5) is 5.69 Å². The number of nitrogens with zero attached hydrogens (tertiary/aromatic N) is 1. The molecule has 0 aromatic heterocycles. The van der Waals surface area contributed by atoms with Gasteiger partial charge in [0.2, 0.25) is 29.0 Å². The number of amides is 2.